The van der Waals surface area contributed by atoms with E-state index in [1.54, 1.807) is 0 Å². The highest BCUT2D eigenvalue weighted by molar-refractivity contribution is 5.67. The molecule has 1 saturated carbocycles. The molecule has 1 aromatic rings. The van der Waals surface area contributed by atoms with Gasteiger partial charge in [-0.25, -0.2) is 0 Å². The van der Waals surface area contributed by atoms with E-state index < -0.39 is 5.60 Å². The number of para-hydroxylation sites is 2. The zero-order valence-electron chi connectivity index (χ0n) is 9.82. The maximum absolute atomic E-state index is 10.3. The molecule has 3 heteroatoms. The van der Waals surface area contributed by atoms with E-state index in [4.69, 9.17) is 5.73 Å². The van der Waals surface area contributed by atoms with Crippen LogP contribution in [0.4, 0.5) is 11.4 Å². The van der Waals surface area contributed by atoms with E-state index in [0.717, 1.165) is 37.1 Å². The molecular weight excluding hydrogens is 200 g/mol. The second-order valence-electron chi connectivity index (χ2n) is 4.85. The lowest BCUT2D eigenvalue weighted by atomic mass is 10.0. The lowest BCUT2D eigenvalue weighted by molar-refractivity contribution is 0.0559. The van der Waals surface area contributed by atoms with Gasteiger partial charge < -0.3 is 15.7 Å². The van der Waals surface area contributed by atoms with Crippen molar-refractivity contribution < 1.29 is 5.11 Å². The van der Waals surface area contributed by atoms with Crippen LogP contribution in [-0.2, 0) is 0 Å². The number of aliphatic hydroxyl groups is 1. The topological polar surface area (TPSA) is 49.5 Å². The van der Waals surface area contributed by atoms with Crippen molar-refractivity contribution >= 4 is 11.4 Å². The highest BCUT2D eigenvalue weighted by Gasteiger charge is 2.32. The van der Waals surface area contributed by atoms with Crippen LogP contribution < -0.4 is 10.6 Å². The number of hydrogen-bond acceptors (Lipinski definition) is 3. The number of nitrogen functional groups attached to an aromatic ring is 1. The number of hydrogen-bond donors (Lipinski definition) is 2. The quantitative estimate of drug-likeness (QED) is 0.766. The molecule has 3 nitrogen and oxygen atoms in total. The number of rotatable bonds is 3. The first-order valence-electron chi connectivity index (χ1n) is 5.89. The molecule has 2 rings (SSSR count). The SMILES string of the molecule is CN(CC1(O)CCCC1)c1ccccc1N. The Labute approximate surface area is 96.9 Å². The van der Waals surface area contributed by atoms with Gasteiger partial charge in [0.25, 0.3) is 0 Å². The van der Waals surface area contributed by atoms with Crippen LogP contribution in [0, 0.1) is 0 Å². The third-order valence-corrected chi connectivity index (χ3v) is 3.41. The maximum atomic E-state index is 10.3. The van der Waals surface area contributed by atoms with Crippen LogP contribution in [0.25, 0.3) is 0 Å². The molecule has 88 valence electrons. The summed E-state index contributed by atoms with van der Waals surface area (Å²) < 4.78 is 0. The summed E-state index contributed by atoms with van der Waals surface area (Å²) >= 11 is 0. The van der Waals surface area contributed by atoms with Crippen molar-refractivity contribution in [2.24, 2.45) is 0 Å². The van der Waals surface area contributed by atoms with E-state index in [-0.39, 0.29) is 0 Å². The second-order valence-corrected chi connectivity index (χ2v) is 4.85. The average molecular weight is 220 g/mol. The van der Waals surface area contributed by atoms with Gasteiger partial charge in [-0.3, -0.25) is 0 Å². The van der Waals surface area contributed by atoms with E-state index in [1.165, 1.54) is 0 Å². The summed E-state index contributed by atoms with van der Waals surface area (Å²) in [6.07, 6.45) is 4.08. The molecule has 0 bridgehead atoms. The van der Waals surface area contributed by atoms with Gasteiger partial charge in [-0.1, -0.05) is 25.0 Å². The van der Waals surface area contributed by atoms with Gasteiger partial charge in [-0.05, 0) is 25.0 Å². The summed E-state index contributed by atoms with van der Waals surface area (Å²) in [4.78, 5) is 2.06. The minimum atomic E-state index is -0.517. The van der Waals surface area contributed by atoms with Gasteiger partial charge in [0.15, 0.2) is 0 Å². The zero-order chi connectivity index (χ0) is 11.6. The molecule has 0 atom stereocenters. The second kappa shape index (κ2) is 4.34. The van der Waals surface area contributed by atoms with Gasteiger partial charge in [0, 0.05) is 13.6 Å². The fourth-order valence-electron chi connectivity index (χ4n) is 2.55. The first-order valence-corrected chi connectivity index (χ1v) is 5.89. The highest BCUT2D eigenvalue weighted by atomic mass is 16.3. The van der Waals surface area contributed by atoms with E-state index in [2.05, 4.69) is 4.90 Å². The van der Waals surface area contributed by atoms with Gasteiger partial charge in [0.2, 0.25) is 0 Å². The lowest BCUT2D eigenvalue weighted by Crippen LogP contribution is -2.39. The Morgan fingerprint density at radius 3 is 2.56 bits per heavy atom. The number of benzene rings is 1. The Morgan fingerprint density at radius 1 is 1.31 bits per heavy atom. The van der Waals surface area contributed by atoms with Crippen LogP contribution in [0.15, 0.2) is 24.3 Å². The van der Waals surface area contributed by atoms with Crippen LogP contribution in [0.1, 0.15) is 25.7 Å². The molecule has 0 amide bonds. The van der Waals surface area contributed by atoms with Crippen molar-refractivity contribution in [3.05, 3.63) is 24.3 Å². The highest BCUT2D eigenvalue weighted by Crippen LogP contribution is 2.32. The normalized spacial score (nSPS) is 18.6. The molecule has 0 unspecified atom stereocenters. The van der Waals surface area contributed by atoms with Crippen molar-refractivity contribution in [1.29, 1.82) is 0 Å². The molecule has 1 fully saturated rings. The largest absolute Gasteiger partial charge is 0.397 e. The third-order valence-electron chi connectivity index (χ3n) is 3.41. The molecule has 0 saturated heterocycles. The summed E-state index contributed by atoms with van der Waals surface area (Å²) in [5, 5.41) is 10.3. The van der Waals surface area contributed by atoms with Gasteiger partial charge in [0.1, 0.15) is 0 Å². The van der Waals surface area contributed by atoms with Crippen molar-refractivity contribution in [3.63, 3.8) is 0 Å². The molecule has 0 radical (unpaired) electrons. The van der Waals surface area contributed by atoms with Gasteiger partial charge in [0.05, 0.1) is 17.0 Å². The van der Waals surface area contributed by atoms with Crippen LogP contribution >= 0.6 is 0 Å². The predicted molar refractivity (Wildman–Crippen MR) is 67.5 cm³/mol. The van der Waals surface area contributed by atoms with E-state index in [0.29, 0.717) is 6.54 Å². The van der Waals surface area contributed by atoms with Crippen molar-refractivity contribution in [1.82, 2.24) is 0 Å². The van der Waals surface area contributed by atoms with Crippen molar-refractivity contribution in [2.45, 2.75) is 31.3 Å². The standard InChI is InChI=1S/C13H20N2O/c1-15(10-13(16)8-4-5-9-13)12-7-3-2-6-11(12)14/h2-3,6-7,16H,4-5,8-10,14H2,1H3. The van der Waals surface area contributed by atoms with Gasteiger partial charge in [-0.15, -0.1) is 0 Å². The lowest BCUT2D eigenvalue weighted by Gasteiger charge is -2.30. The summed E-state index contributed by atoms with van der Waals surface area (Å²) in [7, 11) is 1.99. The molecule has 1 aliphatic carbocycles. The van der Waals surface area contributed by atoms with Crippen LogP contribution in [0.2, 0.25) is 0 Å². The summed E-state index contributed by atoms with van der Waals surface area (Å²) in [5.41, 5.74) is 7.17. The Balaban J connectivity index is 2.08. The van der Waals surface area contributed by atoms with Crippen LogP contribution in [0.3, 0.4) is 0 Å². The molecule has 16 heavy (non-hydrogen) atoms. The summed E-state index contributed by atoms with van der Waals surface area (Å²) in [5.74, 6) is 0. The molecule has 1 aromatic carbocycles. The molecular formula is C13H20N2O. The van der Waals surface area contributed by atoms with E-state index in [9.17, 15) is 5.11 Å². The molecule has 0 aliphatic heterocycles. The Morgan fingerprint density at radius 2 is 1.94 bits per heavy atom. The number of nitrogens with two attached hydrogens (primary N) is 1. The smallest absolute Gasteiger partial charge is 0.0821 e. The number of anilines is 2. The van der Waals surface area contributed by atoms with Crippen LogP contribution in [0.5, 0.6) is 0 Å². The molecule has 3 N–H and O–H groups in total. The summed E-state index contributed by atoms with van der Waals surface area (Å²) in [6.45, 7) is 0.668. The van der Waals surface area contributed by atoms with E-state index >= 15 is 0 Å². The number of likely N-dealkylation sites (N-methyl/N-ethyl adjacent to an activating group) is 1. The average Bonchev–Trinajstić information content (AvgIpc) is 2.65. The first-order chi connectivity index (χ1) is 7.61. The minimum absolute atomic E-state index is 0.517. The Bertz CT molecular complexity index is 359. The predicted octanol–water partition coefficient (Wildman–Crippen LogP) is 2.01. The summed E-state index contributed by atoms with van der Waals surface area (Å²) in [6, 6.07) is 7.79. The zero-order valence-corrected chi connectivity index (χ0v) is 9.82. The Kier molecular flexibility index (Phi) is 3.06. The third kappa shape index (κ3) is 2.30. The number of nitrogens with zero attached hydrogens (tertiary/aromatic N) is 1. The fraction of sp³-hybridized carbons (Fsp3) is 0.538. The molecule has 0 spiro atoms. The minimum Gasteiger partial charge on any atom is -0.397 e. The van der Waals surface area contributed by atoms with Crippen molar-refractivity contribution in [3.8, 4) is 0 Å². The monoisotopic (exact) mass is 220 g/mol. The van der Waals surface area contributed by atoms with E-state index in [1.807, 2.05) is 31.3 Å². The van der Waals surface area contributed by atoms with Crippen LogP contribution in [-0.4, -0.2) is 24.3 Å². The first kappa shape index (κ1) is 11.3. The Hall–Kier alpha value is -1.22. The van der Waals surface area contributed by atoms with Gasteiger partial charge in [-0.2, -0.15) is 0 Å². The fourth-order valence-corrected chi connectivity index (χ4v) is 2.55. The molecule has 1 aliphatic rings. The van der Waals surface area contributed by atoms with Gasteiger partial charge >= 0.3 is 0 Å². The molecule has 0 heterocycles. The van der Waals surface area contributed by atoms with Crippen molar-refractivity contribution in [2.75, 3.05) is 24.2 Å². The maximum Gasteiger partial charge on any atom is 0.0821 e. The molecule has 0 aromatic heterocycles.